The van der Waals surface area contributed by atoms with Crippen molar-refractivity contribution >= 4 is 14.0 Å². The van der Waals surface area contributed by atoms with Crippen LogP contribution in [0.4, 0.5) is 0 Å². The molecule has 0 nitrogen and oxygen atoms in total. The summed E-state index contributed by atoms with van der Waals surface area (Å²) in [6.45, 7) is 7.13. The molecule has 1 heteroatoms. The molecule has 0 heterocycles. The summed E-state index contributed by atoms with van der Waals surface area (Å²) in [6, 6.07) is 8.86. The fourth-order valence-corrected chi connectivity index (χ4v) is 4.34. The standard InChI is InChI=1S/C12H16Si/c1-9-8-10-6-4-5-7-11(10)12(9)13(2)3/h4-7,13H,8H2,1-3H3. The van der Waals surface area contributed by atoms with Crippen LogP contribution in [0.15, 0.2) is 29.8 Å². The summed E-state index contributed by atoms with van der Waals surface area (Å²) in [5.74, 6) is 0. The Balaban J connectivity index is 2.53. The zero-order valence-electron chi connectivity index (χ0n) is 8.59. The fraction of sp³-hybridized carbons (Fsp3) is 0.333. The maximum atomic E-state index is 2.42. The van der Waals surface area contributed by atoms with Crippen molar-refractivity contribution in [2.45, 2.75) is 26.4 Å². The second-order valence-corrected chi connectivity index (χ2v) is 7.07. The van der Waals surface area contributed by atoms with Crippen LogP contribution in [-0.4, -0.2) is 8.80 Å². The topological polar surface area (TPSA) is 0 Å². The first-order chi connectivity index (χ1) is 6.20. The molecule has 1 aliphatic rings. The van der Waals surface area contributed by atoms with Gasteiger partial charge in [0.05, 0.1) is 8.80 Å². The van der Waals surface area contributed by atoms with Crippen molar-refractivity contribution in [2.75, 3.05) is 0 Å². The van der Waals surface area contributed by atoms with Crippen molar-refractivity contribution in [3.05, 3.63) is 41.0 Å². The van der Waals surface area contributed by atoms with E-state index >= 15 is 0 Å². The van der Waals surface area contributed by atoms with E-state index in [1.165, 1.54) is 12.0 Å². The molecule has 0 radical (unpaired) electrons. The second kappa shape index (κ2) is 3.15. The number of allylic oxidation sites excluding steroid dienone is 1. The quantitative estimate of drug-likeness (QED) is 0.594. The number of rotatable bonds is 1. The van der Waals surface area contributed by atoms with E-state index in [0.29, 0.717) is 0 Å². The molecule has 0 spiro atoms. The van der Waals surface area contributed by atoms with Crippen molar-refractivity contribution in [1.29, 1.82) is 0 Å². The highest BCUT2D eigenvalue weighted by Gasteiger charge is 2.20. The van der Waals surface area contributed by atoms with Gasteiger partial charge in [-0.25, -0.2) is 0 Å². The molecule has 1 aromatic rings. The zero-order valence-corrected chi connectivity index (χ0v) is 9.75. The van der Waals surface area contributed by atoms with E-state index in [-0.39, 0.29) is 0 Å². The summed E-state index contributed by atoms with van der Waals surface area (Å²) in [7, 11) is -0.638. The zero-order chi connectivity index (χ0) is 9.42. The molecule has 0 bridgehead atoms. The molecule has 0 saturated carbocycles. The van der Waals surface area contributed by atoms with Gasteiger partial charge >= 0.3 is 0 Å². The lowest BCUT2D eigenvalue weighted by atomic mass is 10.1. The summed E-state index contributed by atoms with van der Waals surface area (Å²) in [5, 5.41) is 1.70. The highest BCUT2D eigenvalue weighted by atomic mass is 28.3. The van der Waals surface area contributed by atoms with Crippen LogP contribution in [0.3, 0.4) is 0 Å². The molecule has 0 saturated heterocycles. The molecule has 1 aromatic carbocycles. The van der Waals surface area contributed by atoms with Crippen molar-refractivity contribution < 1.29 is 0 Å². The van der Waals surface area contributed by atoms with Crippen molar-refractivity contribution in [3.8, 4) is 0 Å². The third-order valence-electron chi connectivity index (χ3n) is 2.80. The lowest BCUT2D eigenvalue weighted by Gasteiger charge is -2.08. The Morgan fingerprint density at radius 2 is 1.85 bits per heavy atom. The molecule has 0 atom stereocenters. The van der Waals surface area contributed by atoms with Gasteiger partial charge in [0.25, 0.3) is 0 Å². The molecule has 13 heavy (non-hydrogen) atoms. The van der Waals surface area contributed by atoms with Gasteiger partial charge in [-0.1, -0.05) is 48.1 Å². The van der Waals surface area contributed by atoms with Crippen molar-refractivity contribution in [3.63, 3.8) is 0 Å². The predicted octanol–water partition coefficient (Wildman–Crippen LogP) is 3.04. The van der Waals surface area contributed by atoms with Crippen molar-refractivity contribution in [1.82, 2.24) is 0 Å². The Morgan fingerprint density at radius 1 is 1.15 bits per heavy atom. The summed E-state index contributed by atoms with van der Waals surface area (Å²) in [6.07, 6.45) is 1.19. The Hall–Kier alpha value is -0.823. The molecular weight excluding hydrogens is 172 g/mol. The van der Waals surface area contributed by atoms with Gasteiger partial charge in [-0.05, 0) is 24.5 Å². The first-order valence-electron chi connectivity index (χ1n) is 4.98. The highest BCUT2D eigenvalue weighted by Crippen LogP contribution is 2.33. The molecule has 68 valence electrons. The third-order valence-corrected chi connectivity index (χ3v) is 4.76. The van der Waals surface area contributed by atoms with E-state index in [9.17, 15) is 0 Å². The van der Waals surface area contributed by atoms with Gasteiger partial charge in [0.2, 0.25) is 0 Å². The van der Waals surface area contributed by atoms with Gasteiger partial charge in [-0.2, -0.15) is 0 Å². The van der Waals surface area contributed by atoms with Gasteiger partial charge in [0.1, 0.15) is 0 Å². The van der Waals surface area contributed by atoms with Crippen LogP contribution in [0.5, 0.6) is 0 Å². The normalized spacial score (nSPS) is 15.4. The van der Waals surface area contributed by atoms with Crippen LogP contribution in [-0.2, 0) is 6.42 Å². The monoisotopic (exact) mass is 188 g/mol. The average molecular weight is 188 g/mol. The minimum absolute atomic E-state index is 0.638. The molecule has 2 rings (SSSR count). The van der Waals surface area contributed by atoms with Gasteiger partial charge in [0, 0.05) is 0 Å². The third kappa shape index (κ3) is 1.37. The van der Waals surface area contributed by atoms with Crippen LogP contribution >= 0.6 is 0 Å². The van der Waals surface area contributed by atoms with Crippen LogP contribution in [0.25, 0.3) is 5.20 Å². The van der Waals surface area contributed by atoms with Crippen LogP contribution in [0, 0.1) is 0 Å². The number of benzene rings is 1. The van der Waals surface area contributed by atoms with Crippen molar-refractivity contribution in [2.24, 2.45) is 0 Å². The second-order valence-electron chi connectivity index (χ2n) is 4.18. The van der Waals surface area contributed by atoms with Crippen LogP contribution in [0.2, 0.25) is 13.1 Å². The molecule has 0 aliphatic heterocycles. The first kappa shape index (κ1) is 8.76. The molecule has 0 N–H and O–H groups in total. The molecular formula is C12H16Si. The summed E-state index contributed by atoms with van der Waals surface area (Å²) in [4.78, 5) is 0. The van der Waals surface area contributed by atoms with Gasteiger partial charge in [-0.15, -0.1) is 0 Å². The van der Waals surface area contributed by atoms with E-state index in [1.54, 1.807) is 16.3 Å². The maximum absolute atomic E-state index is 2.42. The lowest BCUT2D eigenvalue weighted by molar-refractivity contribution is 1.19. The van der Waals surface area contributed by atoms with Crippen LogP contribution < -0.4 is 0 Å². The van der Waals surface area contributed by atoms with Gasteiger partial charge in [-0.3, -0.25) is 0 Å². The number of hydrogen-bond donors (Lipinski definition) is 0. The molecule has 0 amide bonds. The average Bonchev–Trinajstić information content (AvgIpc) is 2.39. The van der Waals surface area contributed by atoms with E-state index in [1.807, 2.05) is 0 Å². The predicted molar refractivity (Wildman–Crippen MR) is 61.6 cm³/mol. The van der Waals surface area contributed by atoms with Gasteiger partial charge in [0.15, 0.2) is 0 Å². The molecule has 1 aliphatic carbocycles. The molecule has 0 aromatic heterocycles. The molecule has 0 fully saturated rings. The van der Waals surface area contributed by atoms with Crippen LogP contribution in [0.1, 0.15) is 18.1 Å². The first-order valence-corrected chi connectivity index (χ1v) is 7.86. The summed E-state index contributed by atoms with van der Waals surface area (Å²) >= 11 is 0. The Bertz CT molecular complexity index is 361. The smallest absolute Gasteiger partial charge is 0.0654 e. The Morgan fingerprint density at radius 3 is 2.54 bits per heavy atom. The Labute approximate surface area is 81.9 Å². The number of fused-ring (bicyclic) bond motifs is 1. The fourth-order valence-electron chi connectivity index (χ4n) is 2.35. The highest BCUT2D eigenvalue weighted by molar-refractivity contribution is 6.77. The van der Waals surface area contributed by atoms with E-state index in [2.05, 4.69) is 44.3 Å². The maximum Gasteiger partial charge on any atom is 0.0654 e. The largest absolute Gasteiger partial charge is 0.0694 e. The van der Waals surface area contributed by atoms with E-state index in [0.717, 1.165) is 0 Å². The summed E-state index contributed by atoms with van der Waals surface area (Å²) < 4.78 is 0. The van der Waals surface area contributed by atoms with Gasteiger partial charge < -0.3 is 0 Å². The number of hydrogen-bond acceptors (Lipinski definition) is 0. The minimum Gasteiger partial charge on any atom is -0.0694 e. The molecule has 0 unspecified atom stereocenters. The minimum atomic E-state index is -0.638. The Kier molecular flexibility index (Phi) is 2.12. The summed E-state index contributed by atoms with van der Waals surface area (Å²) in [5.41, 5.74) is 4.70. The lowest BCUT2D eigenvalue weighted by Crippen LogP contribution is -2.04. The SMILES string of the molecule is CC1=C([SiH](C)C)c2ccccc2C1. The van der Waals surface area contributed by atoms with E-state index in [4.69, 9.17) is 0 Å². The van der Waals surface area contributed by atoms with E-state index < -0.39 is 8.80 Å².